The number of benzene rings is 2. The Kier molecular flexibility index (Phi) is 5.15. The van der Waals surface area contributed by atoms with Gasteiger partial charge in [-0.2, -0.15) is 0 Å². The fourth-order valence-electron chi connectivity index (χ4n) is 2.47. The van der Waals surface area contributed by atoms with E-state index in [1.54, 1.807) is 18.2 Å². The number of hydrogen-bond donors (Lipinski definition) is 0. The molecule has 26 heavy (non-hydrogen) atoms. The fraction of sp³-hybridized carbons (Fsp3) is 0.167. The predicted octanol–water partition coefficient (Wildman–Crippen LogP) is 3.46. The van der Waals surface area contributed by atoms with Crippen molar-refractivity contribution in [3.8, 4) is 5.75 Å². The van der Waals surface area contributed by atoms with E-state index in [0.717, 1.165) is 4.90 Å². The highest BCUT2D eigenvalue weighted by molar-refractivity contribution is 6.37. The number of halogens is 2. The van der Waals surface area contributed by atoms with Crippen LogP contribution >= 0.6 is 23.2 Å². The van der Waals surface area contributed by atoms with E-state index in [1.165, 1.54) is 25.2 Å². The number of carbonyl (C=O) groups is 3. The van der Waals surface area contributed by atoms with Gasteiger partial charge in [-0.1, -0.05) is 29.3 Å². The number of para-hydroxylation sites is 1. The van der Waals surface area contributed by atoms with Crippen LogP contribution in [0.3, 0.4) is 0 Å². The molecule has 2 aromatic carbocycles. The zero-order chi connectivity index (χ0) is 18.8. The molecule has 2 amide bonds. The van der Waals surface area contributed by atoms with Crippen LogP contribution in [-0.2, 0) is 4.74 Å². The Bertz CT molecular complexity index is 892. The summed E-state index contributed by atoms with van der Waals surface area (Å²) in [7, 11) is 1.39. The third-order valence-electron chi connectivity index (χ3n) is 3.81. The monoisotopic (exact) mass is 393 g/mol. The summed E-state index contributed by atoms with van der Waals surface area (Å²) in [5.41, 5.74) is 0.632. The van der Waals surface area contributed by atoms with Gasteiger partial charge in [0, 0.05) is 7.05 Å². The van der Waals surface area contributed by atoms with Crippen LogP contribution in [0, 0.1) is 0 Å². The van der Waals surface area contributed by atoms with E-state index in [9.17, 15) is 14.4 Å². The van der Waals surface area contributed by atoms with E-state index in [1.807, 2.05) is 0 Å². The van der Waals surface area contributed by atoms with Crippen LogP contribution in [0.4, 0.5) is 0 Å². The molecule has 0 saturated heterocycles. The molecule has 1 aliphatic rings. The molecule has 0 radical (unpaired) electrons. The predicted molar refractivity (Wildman–Crippen MR) is 95.1 cm³/mol. The van der Waals surface area contributed by atoms with Gasteiger partial charge in [0.15, 0.2) is 5.75 Å². The standard InChI is InChI=1S/C18H13Cl2NO5/c1-21-16(22)11-6-5-10(9-12(11)17(21)23)18(24)26-8-7-25-15-13(19)3-2-4-14(15)20/h2-6,9H,7-8H2,1H3. The smallest absolute Gasteiger partial charge is 0.338 e. The topological polar surface area (TPSA) is 72.9 Å². The summed E-state index contributed by atoms with van der Waals surface area (Å²) < 4.78 is 10.5. The van der Waals surface area contributed by atoms with Gasteiger partial charge in [0.1, 0.15) is 13.2 Å². The zero-order valence-corrected chi connectivity index (χ0v) is 15.1. The lowest BCUT2D eigenvalue weighted by Crippen LogP contribution is -2.24. The molecule has 1 aliphatic heterocycles. The number of amides is 2. The maximum atomic E-state index is 12.1. The van der Waals surface area contributed by atoms with Gasteiger partial charge < -0.3 is 9.47 Å². The first kappa shape index (κ1) is 18.2. The van der Waals surface area contributed by atoms with E-state index in [4.69, 9.17) is 32.7 Å². The van der Waals surface area contributed by atoms with Crippen LogP contribution in [0.5, 0.6) is 5.75 Å². The molecular weight excluding hydrogens is 381 g/mol. The van der Waals surface area contributed by atoms with Gasteiger partial charge in [-0.3, -0.25) is 14.5 Å². The van der Waals surface area contributed by atoms with Crippen molar-refractivity contribution in [1.29, 1.82) is 0 Å². The van der Waals surface area contributed by atoms with Gasteiger partial charge in [-0.15, -0.1) is 0 Å². The molecule has 2 aromatic rings. The number of ether oxygens (including phenoxy) is 2. The first-order chi connectivity index (χ1) is 12.4. The Labute approximate surface area is 159 Å². The molecule has 0 N–H and O–H groups in total. The Morgan fingerprint density at radius 1 is 1.00 bits per heavy atom. The van der Waals surface area contributed by atoms with E-state index < -0.39 is 17.8 Å². The number of nitrogens with zero attached hydrogens (tertiary/aromatic N) is 1. The number of rotatable bonds is 5. The Hall–Kier alpha value is -2.57. The number of hydrogen-bond acceptors (Lipinski definition) is 5. The van der Waals surface area contributed by atoms with E-state index >= 15 is 0 Å². The first-order valence-corrected chi connectivity index (χ1v) is 8.36. The molecule has 8 heteroatoms. The quantitative estimate of drug-likeness (QED) is 0.441. The van der Waals surface area contributed by atoms with Crippen molar-refractivity contribution in [3.63, 3.8) is 0 Å². The van der Waals surface area contributed by atoms with Crippen molar-refractivity contribution in [2.24, 2.45) is 0 Å². The molecule has 3 rings (SSSR count). The molecule has 6 nitrogen and oxygen atoms in total. The third-order valence-corrected chi connectivity index (χ3v) is 4.40. The summed E-state index contributed by atoms with van der Waals surface area (Å²) in [6.07, 6.45) is 0. The summed E-state index contributed by atoms with van der Waals surface area (Å²) in [4.78, 5) is 36.9. The number of carbonyl (C=O) groups excluding carboxylic acids is 3. The summed E-state index contributed by atoms with van der Waals surface area (Å²) in [5.74, 6) is -1.15. The van der Waals surface area contributed by atoms with Gasteiger partial charge >= 0.3 is 5.97 Å². The second-order valence-corrected chi connectivity index (χ2v) is 6.28. The van der Waals surface area contributed by atoms with Gasteiger partial charge in [0.2, 0.25) is 0 Å². The third kappa shape index (κ3) is 3.38. The van der Waals surface area contributed by atoms with Crippen LogP contribution in [-0.4, -0.2) is 42.9 Å². The lowest BCUT2D eigenvalue weighted by Gasteiger charge is -2.10. The molecule has 0 atom stereocenters. The van der Waals surface area contributed by atoms with Crippen molar-refractivity contribution in [1.82, 2.24) is 4.90 Å². The SMILES string of the molecule is CN1C(=O)c2ccc(C(=O)OCCOc3c(Cl)cccc3Cl)cc2C1=O. The molecule has 1 heterocycles. The molecule has 0 bridgehead atoms. The second-order valence-electron chi connectivity index (χ2n) is 5.46. The van der Waals surface area contributed by atoms with Crippen LogP contribution in [0.1, 0.15) is 31.1 Å². The maximum Gasteiger partial charge on any atom is 0.338 e. The molecule has 0 aromatic heterocycles. The fourth-order valence-corrected chi connectivity index (χ4v) is 2.98. The Balaban J connectivity index is 1.60. The lowest BCUT2D eigenvalue weighted by molar-refractivity contribution is 0.0450. The van der Waals surface area contributed by atoms with E-state index in [-0.39, 0.29) is 29.9 Å². The minimum Gasteiger partial charge on any atom is -0.487 e. The summed E-state index contributed by atoms with van der Waals surface area (Å²) in [6.45, 7) is 0.0184. The number of fused-ring (bicyclic) bond motifs is 1. The highest BCUT2D eigenvalue weighted by Gasteiger charge is 2.33. The Morgan fingerprint density at radius 2 is 1.65 bits per heavy atom. The lowest BCUT2D eigenvalue weighted by atomic mass is 10.1. The van der Waals surface area contributed by atoms with E-state index in [2.05, 4.69) is 0 Å². The largest absolute Gasteiger partial charge is 0.487 e. The first-order valence-electron chi connectivity index (χ1n) is 7.60. The van der Waals surface area contributed by atoms with Crippen molar-refractivity contribution in [2.75, 3.05) is 20.3 Å². The van der Waals surface area contributed by atoms with Crippen LogP contribution in [0.25, 0.3) is 0 Å². The van der Waals surface area contributed by atoms with Gasteiger partial charge in [0.05, 0.1) is 26.7 Å². The van der Waals surface area contributed by atoms with Crippen molar-refractivity contribution >= 4 is 41.0 Å². The number of esters is 1. The maximum absolute atomic E-state index is 12.1. The average Bonchev–Trinajstić information content (AvgIpc) is 2.84. The van der Waals surface area contributed by atoms with Crippen molar-refractivity contribution < 1.29 is 23.9 Å². The molecule has 0 saturated carbocycles. The summed E-state index contributed by atoms with van der Waals surface area (Å²) in [6, 6.07) is 9.19. The molecule has 0 aliphatic carbocycles. The molecular formula is C18H13Cl2NO5. The van der Waals surface area contributed by atoms with Crippen molar-refractivity contribution in [2.45, 2.75) is 0 Å². The highest BCUT2D eigenvalue weighted by Crippen LogP contribution is 2.32. The minimum absolute atomic E-state index is 0.0375. The number of imide groups is 1. The highest BCUT2D eigenvalue weighted by atomic mass is 35.5. The minimum atomic E-state index is -0.628. The average molecular weight is 394 g/mol. The molecule has 134 valence electrons. The molecule has 0 unspecified atom stereocenters. The van der Waals surface area contributed by atoms with Gasteiger partial charge in [-0.25, -0.2) is 4.79 Å². The normalized spacial score (nSPS) is 13.0. The van der Waals surface area contributed by atoms with Gasteiger partial charge in [0.25, 0.3) is 11.8 Å². The Morgan fingerprint density at radius 3 is 2.35 bits per heavy atom. The molecule has 0 spiro atoms. The second kappa shape index (κ2) is 7.35. The van der Waals surface area contributed by atoms with Crippen LogP contribution < -0.4 is 4.74 Å². The zero-order valence-electron chi connectivity index (χ0n) is 13.6. The van der Waals surface area contributed by atoms with E-state index in [0.29, 0.717) is 15.8 Å². The van der Waals surface area contributed by atoms with Gasteiger partial charge in [-0.05, 0) is 30.3 Å². The summed E-state index contributed by atoms with van der Waals surface area (Å²) >= 11 is 12.0. The summed E-state index contributed by atoms with van der Waals surface area (Å²) in [5, 5.41) is 0.712. The van der Waals surface area contributed by atoms with Crippen LogP contribution in [0.15, 0.2) is 36.4 Å². The van der Waals surface area contributed by atoms with Crippen LogP contribution in [0.2, 0.25) is 10.0 Å². The van der Waals surface area contributed by atoms with Crippen molar-refractivity contribution in [3.05, 3.63) is 63.1 Å². The molecule has 0 fully saturated rings.